The van der Waals surface area contributed by atoms with Crippen molar-refractivity contribution >= 4 is 0 Å². The van der Waals surface area contributed by atoms with E-state index in [1.165, 1.54) is 31.5 Å². The number of hydrogen-bond acceptors (Lipinski definition) is 4. The van der Waals surface area contributed by atoms with Crippen LogP contribution >= 0.6 is 0 Å². The van der Waals surface area contributed by atoms with Crippen molar-refractivity contribution in [3.05, 3.63) is 17.0 Å². The summed E-state index contributed by atoms with van der Waals surface area (Å²) in [7, 11) is 0. The maximum Gasteiger partial charge on any atom is 0.138 e. The van der Waals surface area contributed by atoms with Gasteiger partial charge in [0.15, 0.2) is 0 Å². The van der Waals surface area contributed by atoms with Gasteiger partial charge >= 0.3 is 0 Å². The third-order valence-corrected chi connectivity index (χ3v) is 4.08. The van der Waals surface area contributed by atoms with Crippen LogP contribution in [0.15, 0.2) is 4.52 Å². The van der Waals surface area contributed by atoms with Crippen molar-refractivity contribution in [1.29, 1.82) is 0 Å². The number of nitrogens with one attached hydrogen (secondary N) is 1. The van der Waals surface area contributed by atoms with Gasteiger partial charge in [0.2, 0.25) is 0 Å². The van der Waals surface area contributed by atoms with Gasteiger partial charge in [0.1, 0.15) is 5.76 Å². The standard InChI is InChI=1S/C15H27N3O/c1-11(2)16-9-14-5-7-18(8-6-14)10-15-12(3)17-19-13(15)4/h11,14,16H,5-10H2,1-4H3. The van der Waals surface area contributed by atoms with Crippen molar-refractivity contribution in [3.8, 4) is 0 Å². The maximum atomic E-state index is 5.24. The molecule has 0 bridgehead atoms. The van der Waals surface area contributed by atoms with Crippen LogP contribution in [0.5, 0.6) is 0 Å². The third-order valence-electron chi connectivity index (χ3n) is 4.08. The monoisotopic (exact) mass is 265 g/mol. The van der Waals surface area contributed by atoms with Gasteiger partial charge in [-0.15, -0.1) is 0 Å². The van der Waals surface area contributed by atoms with Gasteiger partial charge < -0.3 is 9.84 Å². The van der Waals surface area contributed by atoms with Crippen molar-refractivity contribution in [2.45, 2.75) is 53.1 Å². The summed E-state index contributed by atoms with van der Waals surface area (Å²) < 4.78 is 5.24. The highest BCUT2D eigenvalue weighted by atomic mass is 16.5. The van der Waals surface area contributed by atoms with Crippen LogP contribution in [0.1, 0.15) is 43.7 Å². The summed E-state index contributed by atoms with van der Waals surface area (Å²) in [5.74, 6) is 1.81. The van der Waals surface area contributed by atoms with Gasteiger partial charge in [-0.1, -0.05) is 19.0 Å². The minimum Gasteiger partial charge on any atom is -0.361 e. The van der Waals surface area contributed by atoms with Gasteiger partial charge in [0.05, 0.1) is 5.69 Å². The Morgan fingerprint density at radius 1 is 1.32 bits per heavy atom. The third kappa shape index (κ3) is 4.05. The van der Waals surface area contributed by atoms with E-state index in [1.807, 2.05) is 13.8 Å². The van der Waals surface area contributed by atoms with E-state index < -0.39 is 0 Å². The zero-order valence-corrected chi connectivity index (χ0v) is 12.7. The molecule has 1 fully saturated rings. The molecular weight excluding hydrogens is 238 g/mol. The van der Waals surface area contributed by atoms with Crippen LogP contribution in [0.25, 0.3) is 0 Å². The van der Waals surface area contributed by atoms with Gasteiger partial charge in [-0.05, 0) is 52.2 Å². The summed E-state index contributed by atoms with van der Waals surface area (Å²) in [5.41, 5.74) is 2.32. The zero-order chi connectivity index (χ0) is 13.8. The first kappa shape index (κ1) is 14.5. The summed E-state index contributed by atoms with van der Waals surface area (Å²) in [6.07, 6.45) is 2.59. The smallest absolute Gasteiger partial charge is 0.138 e. The predicted molar refractivity (Wildman–Crippen MR) is 77.1 cm³/mol. The van der Waals surface area contributed by atoms with Crippen molar-refractivity contribution in [2.75, 3.05) is 19.6 Å². The molecule has 0 radical (unpaired) electrons. The molecule has 0 aromatic carbocycles. The molecule has 0 aliphatic carbocycles. The topological polar surface area (TPSA) is 41.3 Å². The summed E-state index contributed by atoms with van der Waals surface area (Å²) in [5, 5.41) is 7.58. The van der Waals surface area contributed by atoms with E-state index in [0.717, 1.165) is 30.5 Å². The highest BCUT2D eigenvalue weighted by Gasteiger charge is 2.21. The minimum atomic E-state index is 0.598. The average Bonchev–Trinajstić information content (AvgIpc) is 2.70. The molecule has 0 unspecified atom stereocenters. The van der Waals surface area contributed by atoms with Gasteiger partial charge in [-0.3, -0.25) is 4.90 Å². The van der Waals surface area contributed by atoms with Crippen molar-refractivity contribution in [1.82, 2.24) is 15.4 Å². The number of aromatic nitrogens is 1. The Hall–Kier alpha value is -0.870. The fourth-order valence-electron chi connectivity index (χ4n) is 2.70. The Bertz CT molecular complexity index is 373. The number of likely N-dealkylation sites (tertiary alicyclic amines) is 1. The van der Waals surface area contributed by atoms with Crippen LogP contribution < -0.4 is 5.32 Å². The van der Waals surface area contributed by atoms with Crippen LogP contribution in [0.3, 0.4) is 0 Å². The molecule has 2 heterocycles. The van der Waals surface area contributed by atoms with Crippen LogP contribution in [0.4, 0.5) is 0 Å². The first-order valence-corrected chi connectivity index (χ1v) is 7.43. The lowest BCUT2D eigenvalue weighted by Gasteiger charge is -2.32. The predicted octanol–water partition coefficient (Wildman–Crippen LogP) is 2.50. The normalized spacial score (nSPS) is 18.4. The largest absolute Gasteiger partial charge is 0.361 e. The number of aryl methyl sites for hydroxylation is 2. The van der Waals surface area contributed by atoms with Crippen molar-refractivity contribution in [2.24, 2.45) is 5.92 Å². The molecule has 0 spiro atoms. The molecule has 1 aromatic heterocycles. The fourth-order valence-corrected chi connectivity index (χ4v) is 2.70. The Labute approximate surface area is 116 Å². The van der Waals surface area contributed by atoms with Crippen LogP contribution in [-0.4, -0.2) is 35.7 Å². The van der Waals surface area contributed by atoms with Gasteiger partial charge in [-0.2, -0.15) is 0 Å². The second-order valence-electron chi connectivity index (χ2n) is 6.09. The van der Waals surface area contributed by atoms with Crippen LogP contribution in [0, 0.1) is 19.8 Å². The number of piperidine rings is 1. The summed E-state index contributed by atoms with van der Waals surface area (Å²) >= 11 is 0. The van der Waals surface area contributed by atoms with E-state index in [2.05, 4.69) is 29.2 Å². The van der Waals surface area contributed by atoms with E-state index in [4.69, 9.17) is 4.52 Å². The Kier molecular flexibility index (Phi) is 4.99. The Morgan fingerprint density at radius 2 is 2.00 bits per heavy atom. The lowest BCUT2D eigenvalue weighted by molar-refractivity contribution is 0.173. The van der Waals surface area contributed by atoms with Gasteiger partial charge in [-0.25, -0.2) is 0 Å². The first-order valence-electron chi connectivity index (χ1n) is 7.43. The van der Waals surface area contributed by atoms with Crippen molar-refractivity contribution in [3.63, 3.8) is 0 Å². The second-order valence-corrected chi connectivity index (χ2v) is 6.09. The highest BCUT2D eigenvalue weighted by Crippen LogP contribution is 2.21. The number of hydrogen-bond donors (Lipinski definition) is 1. The highest BCUT2D eigenvalue weighted by molar-refractivity contribution is 5.20. The maximum absolute atomic E-state index is 5.24. The Balaban J connectivity index is 1.77. The molecule has 1 N–H and O–H groups in total. The molecule has 1 aliphatic rings. The average molecular weight is 265 g/mol. The zero-order valence-electron chi connectivity index (χ0n) is 12.7. The first-order chi connectivity index (χ1) is 9.06. The van der Waals surface area contributed by atoms with Gasteiger partial charge in [0, 0.05) is 18.2 Å². The van der Waals surface area contributed by atoms with E-state index >= 15 is 0 Å². The number of rotatable bonds is 5. The second kappa shape index (κ2) is 6.53. The molecule has 108 valence electrons. The number of nitrogens with zero attached hydrogens (tertiary/aromatic N) is 2. The molecule has 1 saturated heterocycles. The lowest BCUT2D eigenvalue weighted by atomic mass is 9.96. The van der Waals surface area contributed by atoms with E-state index in [1.54, 1.807) is 0 Å². The van der Waals surface area contributed by atoms with E-state index in [9.17, 15) is 0 Å². The molecular formula is C15H27N3O. The molecule has 19 heavy (non-hydrogen) atoms. The van der Waals surface area contributed by atoms with Gasteiger partial charge in [0.25, 0.3) is 0 Å². The molecule has 0 saturated carbocycles. The van der Waals surface area contributed by atoms with Crippen LogP contribution in [0.2, 0.25) is 0 Å². The lowest BCUT2D eigenvalue weighted by Crippen LogP contribution is -2.38. The quantitative estimate of drug-likeness (QED) is 0.888. The summed E-state index contributed by atoms with van der Waals surface area (Å²) in [6, 6.07) is 0.598. The summed E-state index contributed by atoms with van der Waals surface area (Å²) in [4.78, 5) is 2.53. The van der Waals surface area contributed by atoms with E-state index in [0.29, 0.717) is 6.04 Å². The van der Waals surface area contributed by atoms with Crippen molar-refractivity contribution < 1.29 is 4.52 Å². The molecule has 4 nitrogen and oxygen atoms in total. The summed E-state index contributed by atoms with van der Waals surface area (Å²) in [6.45, 7) is 13.0. The molecule has 0 atom stereocenters. The van der Waals surface area contributed by atoms with Crippen LogP contribution in [-0.2, 0) is 6.54 Å². The SMILES string of the molecule is Cc1noc(C)c1CN1CCC(CNC(C)C)CC1. The van der Waals surface area contributed by atoms with E-state index in [-0.39, 0.29) is 0 Å². The fraction of sp³-hybridized carbons (Fsp3) is 0.800. The molecule has 4 heteroatoms. The molecule has 2 rings (SSSR count). The molecule has 1 aliphatic heterocycles. The molecule has 1 aromatic rings. The minimum absolute atomic E-state index is 0.598. The molecule has 0 amide bonds. The Morgan fingerprint density at radius 3 is 2.53 bits per heavy atom.